The van der Waals surface area contributed by atoms with Crippen LogP contribution in [-0.4, -0.2) is 53.3 Å². The number of hydrogen-bond acceptors (Lipinski definition) is 7. The van der Waals surface area contributed by atoms with E-state index in [2.05, 4.69) is 31.4 Å². The quantitative estimate of drug-likeness (QED) is 0.418. The van der Waals surface area contributed by atoms with Crippen molar-refractivity contribution in [2.24, 2.45) is 0 Å². The number of sulfone groups is 1. The fraction of sp³-hybridized carbons (Fsp3) is 0.533. The highest BCUT2D eigenvalue weighted by Crippen LogP contribution is 2.17. The van der Waals surface area contributed by atoms with Crippen LogP contribution in [0.3, 0.4) is 0 Å². The van der Waals surface area contributed by atoms with Gasteiger partial charge in [0.15, 0.2) is 15.7 Å². The molecule has 0 radical (unpaired) electrons. The fourth-order valence-electron chi connectivity index (χ4n) is 1.81. The Morgan fingerprint density at radius 1 is 1.48 bits per heavy atom. The van der Waals surface area contributed by atoms with Crippen molar-refractivity contribution in [1.29, 1.82) is 0 Å². The van der Waals surface area contributed by atoms with Gasteiger partial charge in [0.2, 0.25) is 5.91 Å². The molecule has 0 fully saturated rings. The zero-order valence-corrected chi connectivity index (χ0v) is 16.5. The van der Waals surface area contributed by atoms with Gasteiger partial charge < -0.3 is 14.9 Å². The van der Waals surface area contributed by atoms with E-state index in [1.807, 2.05) is 32.1 Å². The van der Waals surface area contributed by atoms with Gasteiger partial charge in [0.1, 0.15) is 11.5 Å². The van der Waals surface area contributed by atoms with Crippen molar-refractivity contribution in [2.75, 3.05) is 18.9 Å². The summed E-state index contributed by atoms with van der Waals surface area (Å²) in [7, 11) is -3.74. The monoisotopic (exact) mass is 435 g/mol. The molecule has 0 aliphatic heterocycles. The number of nitrogens with zero attached hydrogens (tertiary/aromatic N) is 2. The molecule has 0 aromatic carbocycles. The average Bonchev–Trinajstić information content (AvgIpc) is 2.96. The highest BCUT2D eigenvalue weighted by Gasteiger charge is 2.21. The number of hydrogen-bond donors (Lipinski definition) is 2. The molecule has 0 spiro atoms. The number of nitrogens with one attached hydrogen (secondary N) is 1. The van der Waals surface area contributed by atoms with Gasteiger partial charge in [0, 0.05) is 16.9 Å². The van der Waals surface area contributed by atoms with Gasteiger partial charge in [-0.2, -0.15) is 4.98 Å². The van der Waals surface area contributed by atoms with Crippen LogP contribution in [-0.2, 0) is 20.4 Å². The Bertz CT molecular complexity index is 725. The van der Waals surface area contributed by atoms with Crippen molar-refractivity contribution in [3.63, 3.8) is 0 Å². The van der Waals surface area contributed by atoms with Crippen molar-refractivity contribution >= 4 is 37.2 Å². The third-order valence-corrected chi connectivity index (χ3v) is 4.52. The van der Waals surface area contributed by atoms with E-state index in [0.29, 0.717) is 5.57 Å². The predicted molar refractivity (Wildman–Crippen MR) is 97.7 cm³/mol. The fourth-order valence-corrected chi connectivity index (χ4v) is 3.07. The topological polar surface area (TPSA) is 122 Å². The standard InChI is InChI=1S/C15H22BrN3O5S/c1-3-4-12(6-5-11(2)16)15-18-13(19-24-15)9-25(22,23)10-14(21)17-7-8-20/h4-6,11,20H,3,7-10H2,1-2H3,(H,17,21)/b6-5-,12-4+. The lowest BCUT2D eigenvalue weighted by Crippen LogP contribution is -2.32. The molecule has 0 bridgehead atoms. The molecule has 1 amide bonds. The third-order valence-electron chi connectivity index (χ3n) is 2.81. The molecule has 0 saturated carbocycles. The van der Waals surface area contributed by atoms with E-state index < -0.39 is 27.3 Å². The minimum absolute atomic E-state index is 0.00418. The Morgan fingerprint density at radius 3 is 2.80 bits per heavy atom. The smallest absolute Gasteiger partial charge is 0.257 e. The van der Waals surface area contributed by atoms with Crippen LogP contribution < -0.4 is 5.32 Å². The number of aliphatic hydroxyl groups excluding tert-OH is 1. The summed E-state index contributed by atoms with van der Waals surface area (Å²) >= 11 is 3.40. The van der Waals surface area contributed by atoms with Gasteiger partial charge in [-0.25, -0.2) is 8.42 Å². The van der Waals surface area contributed by atoms with Gasteiger partial charge in [-0.3, -0.25) is 4.79 Å². The van der Waals surface area contributed by atoms with Crippen LogP contribution in [0.4, 0.5) is 0 Å². The van der Waals surface area contributed by atoms with Crippen LogP contribution in [0.5, 0.6) is 0 Å². The first kappa shape index (κ1) is 21.5. The first-order chi connectivity index (χ1) is 11.8. The Kier molecular flexibility index (Phi) is 9.01. The molecule has 1 aromatic heterocycles. The molecule has 140 valence electrons. The molecule has 8 nitrogen and oxygen atoms in total. The SMILES string of the molecule is CC/C=C(\C=C/C(C)Br)c1nc(CS(=O)(=O)CC(=O)NCCO)no1. The molecular weight excluding hydrogens is 414 g/mol. The Hall–Kier alpha value is -1.52. The first-order valence-electron chi connectivity index (χ1n) is 7.70. The number of allylic oxidation sites excluding steroid dienone is 4. The molecule has 1 heterocycles. The van der Waals surface area contributed by atoms with Crippen molar-refractivity contribution < 1.29 is 22.8 Å². The van der Waals surface area contributed by atoms with E-state index in [4.69, 9.17) is 9.63 Å². The largest absolute Gasteiger partial charge is 0.395 e. The van der Waals surface area contributed by atoms with Crippen LogP contribution in [0.25, 0.3) is 5.57 Å². The summed E-state index contributed by atoms with van der Waals surface area (Å²) in [6.07, 6.45) is 6.35. The summed E-state index contributed by atoms with van der Waals surface area (Å²) in [6.45, 7) is 3.66. The first-order valence-corrected chi connectivity index (χ1v) is 10.4. The van der Waals surface area contributed by atoms with Crippen molar-refractivity contribution in [3.05, 3.63) is 29.9 Å². The highest BCUT2D eigenvalue weighted by molar-refractivity contribution is 9.09. The highest BCUT2D eigenvalue weighted by atomic mass is 79.9. The number of halogens is 1. The van der Waals surface area contributed by atoms with Crippen LogP contribution in [0.1, 0.15) is 32.0 Å². The Labute approximate surface area is 155 Å². The van der Waals surface area contributed by atoms with Gasteiger partial charge in [0.05, 0.1) is 6.61 Å². The number of carbonyl (C=O) groups is 1. The summed E-state index contributed by atoms with van der Waals surface area (Å²) in [5, 5.41) is 14.6. The number of aromatic nitrogens is 2. The molecule has 25 heavy (non-hydrogen) atoms. The second kappa shape index (κ2) is 10.5. The number of carbonyl (C=O) groups excluding carboxylic acids is 1. The van der Waals surface area contributed by atoms with Gasteiger partial charge >= 0.3 is 0 Å². The van der Waals surface area contributed by atoms with Gasteiger partial charge in [0.25, 0.3) is 5.89 Å². The number of aliphatic hydroxyl groups is 1. The summed E-state index contributed by atoms with van der Waals surface area (Å²) in [5.74, 6) is -1.66. The summed E-state index contributed by atoms with van der Waals surface area (Å²) in [6, 6.07) is 0. The van der Waals surface area contributed by atoms with E-state index in [0.717, 1.165) is 6.42 Å². The van der Waals surface area contributed by atoms with E-state index in [-0.39, 0.29) is 29.7 Å². The normalized spacial score (nSPS) is 14.0. The number of rotatable bonds is 10. The summed E-state index contributed by atoms with van der Waals surface area (Å²) in [5.41, 5.74) is 0.700. The second-order valence-electron chi connectivity index (χ2n) is 5.23. The van der Waals surface area contributed by atoms with E-state index >= 15 is 0 Å². The molecule has 1 rings (SSSR count). The van der Waals surface area contributed by atoms with E-state index in [9.17, 15) is 13.2 Å². The lowest BCUT2D eigenvalue weighted by atomic mass is 10.2. The zero-order valence-electron chi connectivity index (χ0n) is 14.1. The van der Waals surface area contributed by atoms with Gasteiger partial charge in [-0.1, -0.05) is 46.2 Å². The summed E-state index contributed by atoms with van der Waals surface area (Å²) in [4.78, 5) is 15.7. The molecule has 0 aliphatic carbocycles. The van der Waals surface area contributed by atoms with Crippen molar-refractivity contribution in [1.82, 2.24) is 15.5 Å². The van der Waals surface area contributed by atoms with Gasteiger partial charge in [-0.15, -0.1) is 0 Å². The van der Waals surface area contributed by atoms with Crippen LogP contribution in [0.15, 0.2) is 22.8 Å². The van der Waals surface area contributed by atoms with Crippen LogP contribution in [0.2, 0.25) is 0 Å². The number of alkyl halides is 1. The molecule has 2 N–H and O–H groups in total. The minimum atomic E-state index is -3.74. The molecule has 0 saturated heterocycles. The van der Waals surface area contributed by atoms with E-state index in [1.165, 1.54) is 0 Å². The Balaban J connectivity index is 2.82. The third kappa shape index (κ3) is 8.41. The van der Waals surface area contributed by atoms with E-state index in [1.54, 1.807) is 0 Å². The van der Waals surface area contributed by atoms with Gasteiger partial charge in [-0.05, 0) is 13.3 Å². The lowest BCUT2D eigenvalue weighted by molar-refractivity contribution is -0.118. The average molecular weight is 436 g/mol. The Morgan fingerprint density at radius 2 is 2.20 bits per heavy atom. The molecule has 0 aliphatic rings. The van der Waals surface area contributed by atoms with Crippen molar-refractivity contribution in [3.8, 4) is 0 Å². The molecule has 1 aromatic rings. The maximum absolute atomic E-state index is 12.0. The maximum Gasteiger partial charge on any atom is 0.257 e. The minimum Gasteiger partial charge on any atom is -0.395 e. The molecule has 1 atom stereocenters. The van der Waals surface area contributed by atoms with Crippen LogP contribution in [0, 0.1) is 0 Å². The van der Waals surface area contributed by atoms with Crippen LogP contribution >= 0.6 is 15.9 Å². The molecule has 10 heteroatoms. The molecular formula is C15H22BrN3O5S. The second-order valence-corrected chi connectivity index (χ2v) is 8.73. The zero-order chi connectivity index (χ0) is 18.9. The van der Waals surface area contributed by atoms with Crippen molar-refractivity contribution in [2.45, 2.75) is 30.8 Å². The maximum atomic E-state index is 12.0. The number of amides is 1. The summed E-state index contributed by atoms with van der Waals surface area (Å²) < 4.78 is 29.2. The predicted octanol–water partition coefficient (Wildman–Crippen LogP) is 1.23. The molecule has 1 unspecified atom stereocenters. The lowest BCUT2D eigenvalue weighted by Gasteiger charge is -2.03.